The van der Waals surface area contributed by atoms with Crippen LogP contribution < -0.4 is 5.32 Å². The Morgan fingerprint density at radius 1 is 0.843 bits per heavy atom. The number of nitrogens with one attached hydrogen (secondary N) is 1. The molecular formula is C58H74N2O10. The Morgan fingerprint density at radius 3 is 2.50 bits per heavy atom. The number of hydrogen-bond donors (Lipinski definition) is 3. The van der Waals surface area contributed by atoms with Gasteiger partial charge in [-0.25, -0.2) is 4.79 Å². The largest absolute Gasteiger partial charge is 0.469 e. The predicted molar refractivity (Wildman–Crippen MR) is 255 cm³/mol. The van der Waals surface area contributed by atoms with E-state index >= 15 is 9.59 Å². The summed E-state index contributed by atoms with van der Waals surface area (Å²) in [5.74, 6) is 0.796. The molecule has 1 aromatic heterocycles. The Kier molecular flexibility index (Phi) is 9.98. The van der Waals surface area contributed by atoms with E-state index in [4.69, 9.17) is 23.4 Å². The number of hydrogen-bond acceptors (Lipinski definition) is 12. The molecule has 1 aromatic carbocycles. The van der Waals surface area contributed by atoms with E-state index in [1.807, 2.05) is 19.9 Å². The molecule has 11 fully saturated rings. The fraction of sp³-hybridized carbons (Fsp3) is 0.741. The van der Waals surface area contributed by atoms with Crippen LogP contribution in [-0.2, 0) is 46.2 Å². The summed E-state index contributed by atoms with van der Waals surface area (Å²) in [6.07, 6.45) is 15.4. The molecule has 0 radical (unpaired) electrons. The second-order valence-electron chi connectivity index (χ2n) is 25.9. The molecule has 0 unspecified atom stereocenters. The minimum atomic E-state index is -1.45. The highest BCUT2D eigenvalue weighted by atomic mass is 16.7. The van der Waals surface area contributed by atoms with Crippen LogP contribution in [0.4, 0.5) is 0 Å². The van der Waals surface area contributed by atoms with Gasteiger partial charge in [-0.3, -0.25) is 14.9 Å². The zero-order chi connectivity index (χ0) is 47.7. The molecule has 5 saturated heterocycles. The van der Waals surface area contributed by atoms with Gasteiger partial charge in [0.1, 0.15) is 30.2 Å². The first-order chi connectivity index (χ1) is 33.8. The van der Waals surface area contributed by atoms with Crippen LogP contribution in [-0.4, -0.2) is 94.3 Å². The summed E-state index contributed by atoms with van der Waals surface area (Å²) in [6.45, 7) is 8.17. The monoisotopic (exact) mass is 959 g/mol. The van der Waals surface area contributed by atoms with Gasteiger partial charge < -0.3 is 38.5 Å². The van der Waals surface area contributed by atoms with Gasteiger partial charge in [0, 0.05) is 40.8 Å². The van der Waals surface area contributed by atoms with Gasteiger partial charge in [-0.05, 0) is 150 Å². The van der Waals surface area contributed by atoms with Crippen LogP contribution in [0.5, 0.6) is 0 Å². The molecule has 7 heterocycles. The highest BCUT2D eigenvalue weighted by Crippen LogP contribution is 2.83. The standard InChI is InChI=1S/C58H74N2O10/c1-53(2)46-45(62)47(63)57(36-13-9-12-33(25-36)24-32-10-5-4-6-11-32)44(56(46)30-67-52(65)55(51(56)70-53)19-7-8-20-55)16-21-54(3)48(68-50(64)49-58(54,57)69-49)37-18-23-66-43(37)28-40-38-26-35-17-22-60-31-59-29-41(60)39(35)27-34(38)14-15-42(40)61/h4-6,10-11,17-18,22-23,33-36,38-42,44,46-49,51,59,61,63H,7-9,12-16,19-21,24-31H2,1-3H3/t33-,34-,35+,36-,38-,39-,40+,41-,42+,44+,46+,47+,48-,49+,51-,54-,56+,57-,58+/m0/s1. The number of nitrogens with zero attached hydrogens (tertiary/aromatic N) is 1. The summed E-state index contributed by atoms with van der Waals surface area (Å²) in [5, 5.41) is 29.3. The van der Waals surface area contributed by atoms with Gasteiger partial charge in [-0.2, -0.15) is 0 Å². The van der Waals surface area contributed by atoms with Crippen LogP contribution in [0.2, 0.25) is 0 Å². The summed E-state index contributed by atoms with van der Waals surface area (Å²) in [5.41, 5.74) is -4.06. The van der Waals surface area contributed by atoms with E-state index in [0.29, 0.717) is 67.7 Å². The first kappa shape index (κ1) is 45.1. The Balaban J connectivity index is 0.878. The third-order valence-electron chi connectivity index (χ3n) is 22.9. The number of carbonyl (C=O) groups is 3. The lowest BCUT2D eigenvalue weighted by atomic mass is 9.32. The smallest absolute Gasteiger partial charge is 0.339 e. The number of rotatable bonds is 6. The topological polar surface area (TPSA) is 160 Å². The fourth-order valence-corrected chi connectivity index (χ4v) is 20.4. The average Bonchev–Trinajstić information content (AvgIpc) is 3.80. The van der Waals surface area contributed by atoms with Crippen molar-refractivity contribution < 1.29 is 48.0 Å². The van der Waals surface area contributed by atoms with E-state index in [0.717, 1.165) is 88.7 Å². The van der Waals surface area contributed by atoms with Crippen molar-refractivity contribution in [2.75, 3.05) is 19.8 Å². The van der Waals surface area contributed by atoms with Crippen molar-refractivity contribution in [1.82, 2.24) is 10.2 Å². The number of furan rings is 1. The van der Waals surface area contributed by atoms with E-state index in [-0.39, 0.29) is 36.1 Å². The molecule has 376 valence electrons. The predicted octanol–water partition coefficient (Wildman–Crippen LogP) is 7.64. The van der Waals surface area contributed by atoms with Crippen LogP contribution in [0.15, 0.2) is 59.4 Å². The van der Waals surface area contributed by atoms with E-state index in [9.17, 15) is 15.0 Å². The summed E-state index contributed by atoms with van der Waals surface area (Å²) < 4.78 is 34.4. The van der Waals surface area contributed by atoms with Crippen LogP contribution >= 0.6 is 0 Å². The van der Waals surface area contributed by atoms with Crippen molar-refractivity contribution in [3.63, 3.8) is 0 Å². The second-order valence-corrected chi connectivity index (χ2v) is 25.9. The van der Waals surface area contributed by atoms with Gasteiger partial charge in [-0.1, -0.05) is 69.0 Å². The first-order valence-electron chi connectivity index (χ1n) is 27.7. The molecular weight excluding hydrogens is 885 g/mol. The van der Waals surface area contributed by atoms with Gasteiger partial charge in [-0.15, -0.1) is 0 Å². The molecule has 70 heavy (non-hydrogen) atoms. The molecule has 3 N–H and O–H groups in total. The SMILES string of the molecule is CC1(C)O[C@H]2C3(CCCC3)C(=O)OC[C@@]23[C@@H]1C(=O)[C@@H](O)[C@]1([C@H]2CCC[C@@H](Cc4ccccc4)C2)[C@@H]3CC[C@@]2(C)[C@H](c3ccoc3C[C@@H]3[C@H]4C[C@H]5C=CN6CNC[C@H]6[C@H]5C[C@@H]4CC[C@H]3O)OC(=O)[C@H]3O[C@@]312. The second kappa shape index (κ2) is 15.5. The molecule has 2 aromatic rings. The summed E-state index contributed by atoms with van der Waals surface area (Å²) in [4.78, 5) is 47.9. The first-order valence-corrected chi connectivity index (χ1v) is 27.7. The summed E-state index contributed by atoms with van der Waals surface area (Å²) in [6, 6.07) is 13.1. The Labute approximate surface area is 412 Å². The fourth-order valence-electron chi connectivity index (χ4n) is 20.4. The lowest BCUT2D eigenvalue weighted by molar-refractivity contribution is -0.285. The van der Waals surface area contributed by atoms with E-state index in [2.05, 4.69) is 59.7 Å². The summed E-state index contributed by atoms with van der Waals surface area (Å²) >= 11 is 0. The van der Waals surface area contributed by atoms with Crippen molar-refractivity contribution in [2.24, 2.45) is 74.9 Å². The number of ether oxygens (including phenoxy) is 4. The molecule has 0 bridgehead atoms. The van der Waals surface area contributed by atoms with Gasteiger partial charge >= 0.3 is 11.9 Å². The number of benzene rings is 1. The van der Waals surface area contributed by atoms with Crippen LogP contribution in [0.1, 0.15) is 134 Å². The molecule has 12 nitrogen and oxygen atoms in total. The number of Topliss-reactive ketones (excluding diaryl/α,β-unsaturated/α-hetero) is 1. The molecule has 6 aliphatic heterocycles. The minimum Gasteiger partial charge on any atom is -0.469 e. The molecule has 12 aliphatic rings. The minimum absolute atomic E-state index is 0.0111. The number of esters is 2. The van der Waals surface area contributed by atoms with Crippen LogP contribution in [0.25, 0.3) is 0 Å². The number of fused-ring (bicyclic) bond motifs is 6. The van der Waals surface area contributed by atoms with Gasteiger partial charge in [0.2, 0.25) is 0 Å². The summed E-state index contributed by atoms with van der Waals surface area (Å²) in [7, 11) is 0. The number of allylic oxidation sites excluding steroid dienone is 1. The van der Waals surface area contributed by atoms with Crippen molar-refractivity contribution in [1.29, 1.82) is 0 Å². The maximum absolute atomic E-state index is 16.0. The highest BCUT2D eigenvalue weighted by Gasteiger charge is 2.93. The molecule has 6 saturated carbocycles. The van der Waals surface area contributed by atoms with Gasteiger partial charge in [0.25, 0.3) is 0 Å². The normalized spacial score (nSPS) is 49.0. The van der Waals surface area contributed by atoms with Crippen molar-refractivity contribution in [3.8, 4) is 0 Å². The van der Waals surface area contributed by atoms with Crippen molar-refractivity contribution in [3.05, 3.63) is 71.8 Å². The van der Waals surface area contributed by atoms with Gasteiger partial charge in [0.15, 0.2) is 11.9 Å². The van der Waals surface area contributed by atoms with Crippen LogP contribution in [0, 0.1) is 74.9 Å². The lowest BCUT2D eigenvalue weighted by Gasteiger charge is -2.70. The van der Waals surface area contributed by atoms with E-state index in [1.54, 1.807) is 6.26 Å². The number of aliphatic hydroxyl groups is 2. The maximum atomic E-state index is 16.0. The van der Waals surface area contributed by atoms with Gasteiger partial charge in [0.05, 0.1) is 42.1 Å². The number of cyclic esters (lactones) is 2. The van der Waals surface area contributed by atoms with Crippen LogP contribution in [0.3, 0.4) is 0 Å². The van der Waals surface area contributed by atoms with E-state index < -0.39 is 75.3 Å². The van der Waals surface area contributed by atoms with Crippen molar-refractivity contribution in [2.45, 2.75) is 171 Å². The Bertz CT molecular complexity index is 2480. The average molecular weight is 959 g/mol. The number of ketones is 1. The number of epoxide rings is 1. The highest BCUT2D eigenvalue weighted by molar-refractivity contribution is 5.93. The molecule has 0 amide bonds. The molecule has 14 rings (SSSR count). The van der Waals surface area contributed by atoms with Crippen molar-refractivity contribution >= 4 is 17.7 Å². The zero-order valence-electron chi connectivity index (χ0n) is 41.4. The Morgan fingerprint density at radius 2 is 1.67 bits per heavy atom. The third-order valence-corrected chi connectivity index (χ3v) is 22.9. The number of aliphatic hydroxyl groups excluding tert-OH is 2. The zero-order valence-corrected chi connectivity index (χ0v) is 41.4. The van der Waals surface area contributed by atoms with E-state index in [1.165, 1.54) is 12.0 Å². The lowest BCUT2D eigenvalue weighted by Crippen LogP contribution is -2.80. The molecule has 12 heteroatoms. The quantitative estimate of drug-likeness (QED) is 0.192. The Hall–Kier alpha value is -3.55. The maximum Gasteiger partial charge on any atom is 0.339 e. The third kappa shape index (κ3) is 5.70. The molecule has 6 aliphatic carbocycles. The molecule has 3 spiro atoms. The molecule has 19 atom stereocenters. The number of carbonyl (C=O) groups excluding carboxylic acids is 3.